The molecule has 1 aliphatic heterocycles. The summed E-state index contributed by atoms with van der Waals surface area (Å²) in [6.07, 6.45) is 2.06. The van der Waals surface area contributed by atoms with Crippen molar-refractivity contribution in [2.45, 2.75) is 46.6 Å². The van der Waals surface area contributed by atoms with Crippen LogP contribution in [0.1, 0.15) is 52.5 Å². The first-order valence-corrected chi connectivity index (χ1v) is 7.92. The van der Waals surface area contributed by atoms with Gasteiger partial charge in [0.25, 0.3) is 0 Å². The van der Waals surface area contributed by atoms with Gasteiger partial charge in [-0.25, -0.2) is 4.98 Å². The topological polar surface area (TPSA) is 56.3 Å². The van der Waals surface area contributed by atoms with Crippen LogP contribution >= 0.6 is 0 Å². The Morgan fingerprint density at radius 1 is 1.29 bits per heavy atom. The summed E-state index contributed by atoms with van der Waals surface area (Å²) in [5.41, 5.74) is 0. The summed E-state index contributed by atoms with van der Waals surface area (Å²) < 4.78 is 11.5. The second-order valence-corrected chi connectivity index (χ2v) is 6.43. The molecule has 2 rings (SSSR count). The van der Waals surface area contributed by atoms with E-state index in [4.69, 9.17) is 9.47 Å². The minimum atomic E-state index is 0.00667. The molecule has 0 saturated carbocycles. The number of anilines is 1. The zero-order chi connectivity index (χ0) is 15.2. The number of ether oxygens (including phenoxy) is 2. The maximum Gasteiger partial charge on any atom is 0.218 e. The Bertz CT molecular complexity index is 413. The molecular formula is C16H27N3O2. The lowest BCUT2D eigenvalue weighted by atomic mass is 10.2. The minimum Gasteiger partial charge on any atom is -0.477 e. The van der Waals surface area contributed by atoms with Gasteiger partial charge in [-0.3, -0.25) is 0 Å². The molecule has 1 aromatic heterocycles. The summed E-state index contributed by atoms with van der Waals surface area (Å²) >= 11 is 0. The smallest absolute Gasteiger partial charge is 0.218 e. The van der Waals surface area contributed by atoms with E-state index in [1.807, 2.05) is 6.07 Å². The predicted octanol–water partition coefficient (Wildman–Crippen LogP) is 3.43. The summed E-state index contributed by atoms with van der Waals surface area (Å²) in [7, 11) is 0. The summed E-state index contributed by atoms with van der Waals surface area (Å²) in [6.45, 7) is 10.9. The standard InChI is InChI=1S/C16H27N3O2/c1-11(2)9-17-14-8-15(21-10-12(3)4)19-16(18-14)13-6-5-7-20-13/h8,11-13H,5-7,9-10H2,1-4H3,(H,17,18,19). The molecule has 1 fully saturated rings. The Labute approximate surface area is 127 Å². The van der Waals surface area contributed by atoms with E-state index < -0.39 is 0 Å². The van der Waals surface area contributed by atoms with E-state index in [1.54, 1.807) is 0 Å². The van der Waals surface area contributed by atoms with Crippen LogP contribution in [-0.2, 0) is 4.74 Å². The Morgan fingerprint density at radius 2 is 2.10 bits per heavy atom. The molecule has 0 aromatic carbocycles. The summed E-state index contributed by atoms with van der Waals surface area (Å²) in [6, 6.07) is 1.88. The molecule has 118 valence electrons. The van der Waals surface area contributed by atoms with Gasteiger partial charge in [0, 0.05) is 19.2 Å². The minimum absolute atomic E-state index is 0.00667. The lowest BCUT2D eigenvalue weighted by Gasteiger charge is -2.15. The fourth-order valence-electron chi connectivity index (χ4n) is 2.09. The largest absolute Gasteiger partial charge is 0.477 e. The van der Waals surface area contributed by atoms with Gasteiger partial charge in [-0.1, -0.05) is 27.7 Å². The van der Waals surface area contributed by atoms with Crippen molar-refractivity contribution in [3.8, 4) is 5.88 Å². The van der Waals surface area contributed by atoms with Crippen LogP contribution in [0.15, 0.2) is 6.07 Å². The molecule has 0 aliphatic carbocycles. The van der Waals surface area contributed by atoms with Gasteiger partial charge in [0.1, 0.15) is 11.9 Å². The molecule has 1 aromatic rings. The Hall–Kier alpha value is -1.36. The summed E-state index contributed by atoms with van der Waals surface area (Å²) in [4.78, 5) is 9.10. The van der Waals surface area contributed by atoms with Gasteiger partial charge in [0.05, 0.1) is 6.61 Å². The molecule has 1 aliphatic rings. The number of hydrogen-bond acceptors (Lipinski definition) is 5. The third-order valence-electron chi connectivity index (χ3n) is 3.19. The first-order chi connectivity index (χ1) is 10.0. The molecule has 1 unspecified atom stereocenters. The zero-order valence-corrected chi connectivity index (χ0v) is 13.6. The Kier molecular flexibility index (Phi) is 5.79. The molecule has 2 heterocycles. The van der Waals surface area contributed by atoms with E-state index in [2.05, 4.69) is 43.0 Å². The van der Waals surface area contributed by atoms with Crippen LogP contribution < -0.4 is 10.1 Å². The van der Waals surface area contributed by atoms with Crippen LogP contribution in [0.25, 0.3) is 0 Å². The fraction of sp³-hybridized carbons (Fsp3) is 0.750. The lowest BCUT2D eigenvalue weighted by Crippen LogP contribution is -2.13. The molecule has 1 saturated heterocycles. The number of nitrogens with one attached hydrogen (secondary N) is 1. The number of aromatic nitrogens is 2. The molecule has 1 atom stereocenters. The summed E-state index contributed by atoms with van der Waals surface area (Å²) in [5, 5.41) is 3.35. The maximum atomic E-state index is 5.77. The zero-order valence-electron chi connectivity index (χ0n) is 13.6. The molecule has 1 N–H and O–H groups in total. The lowest BCUT2D eigenvalue weighted by molar-refractivity contribution is 0.104. The highest BCUT2D eigenvalue weighted by atomic mass is 16.5. The SMILES string of the molecule is CC(C)CNc1cc(OCC(C)C)nc(C2CCCO2)n1. The third-order valence-corrected chi connectivity index (χ3v) is 3.19. The average molecular weight is 293 g/mol. The van der Waals surface area contributed by atoms with Gasteiger partial charge >= 0.3 is 0 Å². The van der Waals surface area contributed by atoms with E-state index in [9.17, 15) is 0 Å². The van der Waals surface area contributed by atoms with Crippen molar-refractivity contribution in [2.24, 2.45) is 11.8 Å². The van der Waals surface area contributed by atoms with Gasteiger partial charge in [-0.2, -0.15) is 4.98 Å². The van der Waals surface area contributed by atoms with Crippen LogP contribution in [0.4, 0.5) is 5.82 Å². The molecule has 5 heteroatoms. The first kappa shape index (κ1) is 16.0. The molecule has 0 bridgehead atoms. The third kappa shape index (κ3) is 5.16. The molecule has 21 heavy (non-hydrogen) atoms. The van der Waals surface area contributed by atoms with E-state index in [0.29, 0.717) is 24.3 Å². The normalized spacial score (nSPS) is 18.5. The van der Waals surface area contributed by atoms with Crippen molar-refractivity contribution in [1.82, 2.24) is 9.97 Å². The molecule has 0 amide bonds. The van der Waals surface area contributed by atoms with Crippen molar-refractivity contribution in [3.63, 3.8) is 0 Å². The number of nitrogens with zero attached hydrogens (tertiary/aromatic N) is 2. The van der Waals surface area contributed by atoms with Crippen LogP contribution in [0.5, 0.6) is 5.88 Å². The number of hydrogen-bond donors (Lipinski definition) is 1. The average Bonchev–Trinajstić information content (AvgIpc) is 2.97. The highest BCUT2D eigenvalue weighted by molar-refractivity contribution is 5.38. The number of rotatable bonds is 7. The van der Waals surface area contributed by atoms with Gasteiger partial charge in [-0.15, -0.1) is 0 Å². The monoisotopic (exact) mass is 293 g/mol. The van der Waals surface area contributed by atoms with Crippen molar-refractivity contribution in [2.75, 3.05) is 25.1 Å². The first-order valence-electron chi connectivity index (χ1n) is 7.92. The van der Waals surface area contributed by atoms with Gasteiger partial charge < -0.3 is 14.8 Å². The Balaban J connectivity index is 2.13. The highest BCUT2D eigenvalue weighted by Gasteiger charge is 2.22. The molecule has 0 spiro atoms. The van der Waals surface area contributed by atoms with Crippen LogP contribution in [-0.4, -0.2) is 29.7 Å². The van der Waals surface area contributed by atoms with Crippen molar-refractivity contribution in [3.05, 3.63) is 11.9 Å². The van der Waals surface area contributed by atoms with Gasteiger partial charge in [-0.05, 0) is 24.7 Å². The Morgan fingerprint density at radius 3 is 2.71 bits per heavy atom. The molecule has 0 radical (unpaired) electrons. The quantitative estimate of drug-likeness (QED) is 0.834. The second-order valence-electron chi connectivity index (χ2n) is 6.43. The van der Waals surface area contributed by atoms with E-state index in [-0.39, 0.29) is 6.10 Å². The van der Waals surface area contributed by atoms with Crippen LogP contribution in [0.2, 0.25) is 0 Å². The fourth-order valence-corrected chi connectivity index (χ4v) is 2.09. The van der Waals surface area contributed by atoms with Crippen molar-refractivity contribution in [1.29, 1.82) is 0 Å². The van der Waals surface area contributed by atoms with Crippen LogP contribution in [0, 0.1) is 11.8 Å². The second kappa shape index (κ2) is 7.59. The van der Waals surface area contributed by atoms with E-state index in [1.165, 1.54) is 0 Å². The van der Waals surface area contributed by atoms with Crippen molar-refractivity contribution >= 4 is 5.82 Å². The predicted molar refractivity (Wildman–Crippen MR) is 83.6 cm³/mol. The molecule has 5 nitrogen and oxygen atoms in total. The van der Waals surface area contributed by atoms with E-state index in [0.717, 1.165) is 37.6 Å². The van der Waals surface area contributed by atoms with Crippen LogP contribution in [0.3, 0.4) is 0 Å². The van der Waals surface area contributed by atoms with Gasteiger partial charge in [0.15, 0.2) is 5.82 Å². The van der Waals surface area contributed by atoms with Crippen molar-refractivity contribution < 1.29 is 9.47 Å². The highest BCUT2D eigenvalue weighted by Crippen LogP contribution is 2.28. The molecular weight excluding hydrogens is 266 g/mol. The van der Waals surface area contributed by atoms with Gasteiger partial charge in [0.2, 0.25) is 5.88 Å². The van der Waals surface area contributed by atoms with E-state index >= 15 is 0 Å². The summed E-state index contributed by atoms with van der Waals surface area (Å²) in [5.74, 6) is 3.22. The maximum absolute atomic E-state index is 5.77.